The maximum atomic E-state index is 11.0. The zero-order chi connectivity index (χ0) is 14.0. The van der Waals surface area contributed by atoms with Crippen molar-refractivity contribution in [1.29, 1.82) is 5.26 Å². The van der Waals surface area contributed by atoms with Crippen molar-refractivity contribution in [2.45, 2.75) is 19.8 Å². The van der Waals surface area contributed by atoms with Gasteiger partial charge in [-0.1, -0.05) is 19.1 Å². The summed E-state index contributed by atoms with van der Waals surface area (Å²) in [5.74, 6) is -0.368. The van der Waals surface area contributed by atoms with Crippen LogP contribution in [0, 0.1) is 11.3 Å². The fourth-order valence-electron chi connectivity index (χ4n) is 1.84. The average molecular weight is 255 g/mol. The molecule has 0 aliphatic heterocycles. The number of rotatable bonds is 3. The van der Waals surface area contributed by atoms with E-state index in [-0.39, 0.29) is 5.92 Å². The van der Waals surface area contributed by atoms with Crippen molar-refractivity contribution >= 4 is 5.91 Å². The number of hydrogen-bond donors (Lipinski definition) is 1. The van der Waals surface area contributed by atoms with Gasteiger partial charge in [-0.05, 0) is 30.2 Å². The van der Waals surface area contributed by atoms with Crippen LogP contribution in [0.5, 0.6) is 0 Å². The van der Waals surface area contributed by atoms with Gasteiger partial charge in [-0.15, -0.1) is 5.10 Å². The van der Waals surface area contributed by atoms with Gasteiger partial charge in [0.2, 0.25) is 5.91 Å². The summed E-state index contributed by atoms with van der Waals surface area (Å²) in [4.78, 5) is 11.0. The number of nitriles is 1. The summed E-state index contributed by atoms with van der Waals surface area (Å²) >= 11 is 0. The first-order valence-corrected chi connectivity index (χ1v) is 5.80. The van der Waals surface area contributed by atoms with Crippen molar-refractivity contribution in [1.82, 2.24) is 15.0 Å². The molecular formula is C13H13N5O. The molecule has 2 N–H and O–H groups in total. The van der Waals surface area contributed by atoms with E-state index in [1.165, 1.54) is 0 Å². The second-order valence-corrected chi connectivity index (χ2v) is 4.41. The van der Waals surface area contributed by atoms with Crippen LogP contribution in [0.2, 0.25) is 0 Å². The maximum Gasteiger partial charge on any atom is 0.248 e. The van der Waals surface area contributed by atoms with Gasteiger partial charge in [0.25, 0.3) is 0 Å². The Kier molecular flexibility index (Phi) is 3.29. The minimum Gasteiger partial charge on any atom is -0.366 e. The third kappa shape index (κ3) is 2.31. The van der Waals surface area contributed by atoms with E-state index in [9.17, 15) is 4.79 Å². The van der Waals surface area contributed by atoms with E-state index in [0.717, 1.165) is 11.4 Å². The van der Waals surface area contributed by atoms with Crippen LogP contribution in [0.1, 0.15) is 41.5 Å². The Balaban J connectivity index is 2.50. The Morgan fingerprint density at radius 2 is 2.00 bits per heavy atom. The molecule has 0 aliphatic rings. The second kappa shape index (κ2) is 4.90. The highest BCUT2D eigenvalue weighted by Gasteiger charge is 2.17. The Morgan fingerprint density at radius 1 is 1.37 bits per heavy atom. The fraction of sp³-hybridized carbons (Fsp3) is 0.231. The van der Waals surface area contributed by atoms with Crippen molar-refractivity contribution < 1.29 is 4.79 Å². The molecular weight excluding hydrogens is 242 g/mol. The van der Waals surface area contributed by atoms with Crippen LogP contribution >= 0.6 is 0 Å². The first-order valence-electron chi connectivity index (χ1n) is 5.80. The SMILES string of the molecule is CC(C)c1c(C#N)nnn1-c1ccc(C(N)=O)cc1. The van der Waals surface area contributed by atoms with E-state index >= 15 is 0 Å². The molecule has 6 heteroatoms. The van der Waals surface area contributed by atoms with Gasteiger partial charge >= 0.3 is 0 Å². The first-order chi connectivity index (χ1) is 9.04. The van der Waals surface area contributed by atoms with Crippen LogP contribution < -0.4 is 5.73 Å². The van der Waals surface area contributed by atoms with Gasteiger partial charge in [0.1, 0.15) is 6.07 Å². The smallest absolute Gasteiger partial charge is 0.248 e. The number of carbonyl (C=O) groups is 1. The van der Waals surface area contributed by atoms with Gasteiger partial charge in [-0.3, -0.25) is 4.79 Å². The van der Waals surface area contributed by atoms with Gasteiger partial charge in [0.15, 0.2) is 5.69 Å². The molecule has 96 valence electrons. The standard InChI is InChI=1S/C13H13N5O/c1-8(2)12-11(7-14)16-17-18(12)10-5-3-9(4-6-10)13(15)19/h3-6,8H,1-2H3,(H2,15,19). The van der Waals surface area contributed by atoms with Gasteiger partial charge in [0.05, 0.1) is 11.4 Å². The van der Waals surface area contributed by atoms with Crippen molar-refractivity contribution in [3.63, 3.8) is 0 Å². The van der Waals surface area contributed by atoms with Gasteiger partial charge in [0, 0.05) is 5.56 Å². The second-order valence-electron chi connectivity index (χ2n) is 4.41. The van der Waals surface area contributed by atoms with Crippen LogP contribution in [0.15, 0.2) is 24.3 Å². The molecule has 0 spiro atoms. The number of carbonyl (C=O) groups excluding carboxylic acids is 1. The molecule has 1 aromatic heterocycles. The summed E-state index contributed by atoms with van der Waals surface area (Å²) in [6.45, 7) is 3.93. The Hall–Kier alpha value is -2.68. The van der Waals surface area contributed by atoms with Crippen molar-refractivity contribution in [3.8, 4) is 11.8 Å². The Morgan fingerprint density at radius 3 is 2.47 bits per heavy atom. The zero-order valence-electron chi connectivity index (χ0n) is 10.7. The van der Waals surface area contributed by atoms with Crippen molar-refractivity contribution in [2.24, 2.45) is 5.73 Å². The fourth-order valence-corrected chi connectivity index (χ4v) is 1.84. The summed E-state index contributed by atoms with van der Waals surface area (Å²) in [5.41, 5.74) is 7.41. The summed E-state index contributed by atoms with van der Waals surface area (Å²) in [6.07, 6.45) is 0. The lowest BCUT2D eigenvalue weighted by Crippen LogP contribution is -2.11. The predicted octanol–water partition coefficient (Wildman–Crippen LogP) is 1.36. The molecule has 0 fully saturated rings. The summed E-state index contributed by atoms with van der Waals surface area (Å²) < 4.78 is 1.61. The highest BCUT2D eigenvalue weighted by molar-refractivity contribution is 5.92. The molecule has 0 saturated heterocycles. The molecule has 0 atom stereocenters. The number of amides is 1. The number of benzene rings is 1. The number of hydrogen-bond acceptors (Lipinski definition) is 4. The van der Waals surface area contributed by atoms with Crippen LogP contribution in [0.3, 0.4) is 0 Å². The third-order valence-corrected chi connectivity index (χ3v) is 2.75. The van der Waals surface area contributed by atoms with Gasteiger partial charge in [-0.2, -0.15) is 5.26 Å². The van der Waals surface area contributed by atoms with Crippen molar-refractivity contribution in [2.75, 3.05) is 0 Å². The molecule has 6 nitrogen and oxygen atoms in total. The average Bonchev–Trinajstić information content (AvgIpc) is 2.82. The Bertz CT molecular complexity index is 649. The molecule has 1 aromatic carbocycles. The summed E-state index contributed by atoms with van der Waals surface area (Å²) in [7, 11) is 0. The predicted molar refractivity (Wildman–Crippen MR) is 68.7 cm³/mol. The molecule has 0 unspecified atom stereocenters. The molecule has 2 aromatic rings. The van der Waals surface area contributed by atoms with Crippen LogP contribution in [0.25, 0.3) is 5.69 Å². The first kappa shape index (κ1) is 12.8. The van der Waals surface area contributed by atoms with Crippen molar-refractivity contribution in [3.05, 3.63) is 41.2 Å². The van der Waals surface area contributed by atoms with E-state index in [1.54, 1.807) is 28.9 Å². The molecule has 2 rings (SSSR count). The molecule has 0 saturated carbocycles. The lowest BCUT2D eigenvalue weighted by atomic mass is 10.1. The van der Waals surface area contributed by atoms with Crippen LogP contribution in [-0.2, 0) is 0 Å². The Labute approximate surface area is 110 Å². The lowest BCUT2D eigenvalue weighted by Gasteiger charge is -2.09. The summed E-state index contributed by atoms with van der Waals surface area (Å²) in [5, 5.41) is 16.8. The topological polar surface area (TPSA) is 97.6 Å². The lowest BCUT2D eigenvalue weighted by molar-refractivity contribution is 0.100. The number of nitrogens with zero attached hydrogens (tertiary/aromatic N) is 4. The maximum absolute atomic E-state index is 11.0. The highest BCUT2D eigenvalue weighted by Crippen LogP contribution is 2.21. The molecule has 0 bridgehead atoms. The summed E-state index contributed by atoms with van der Waals surface area (Å²) in [6, 6.07) is 8.72. The molecule has 0 radical (unpaired) electrons. The number of aromatic nitrogens is 3. The van der Waals surface area contributed by atoms with Gasteiger partial charge in [-0.25, -0.2) is 4.68 Å². The van der Waals surface area contributed by atoms with E-state index in [1.807, 2.05) is 19.9 Å². The van der Waals surface area contributed by atoms with E-state index in [0.29, 0.717) is 11.3 Å². The number of nitrogens with two attached hydrogens (primary N) is 1. The molecule has 1 amide bonds. The quantitative estimate of drug-likeness (QED) is 0.895. The minimum absolute atomic E-state index is 0.112. The highest BCUT2D eigenvalue weighted by atomic mass is 16.1. The monoisotopic (exact) mass is 255 g/mol. The normalized spacial score (nSPS) is 10.4. The zero-order valence-corrected chi connectivity index (χ0v) is 10.7. The van der Waals surface area contributed by atoms with Gasteiger partial charge < -0.3 is 5.73 Å². The molecule has 0 aliphatic carbocycles. The van der Waals surface area contributed by atoms with E-state index in [2.05, 4.69) is 10.3 Å². The van der Waals surface area contributed by atoms with E-state index < -0.39 is 5.91 Å². The van der Waals surface area contributed by atoms with Crippen LogP contribution in [0.4, 0.5) is 0 Å². The van der Waals surface area contributed by atoms with E-state index in [4.69, 9.17) is 11.0 Å². The minimum atomic E-state index is -0.480. The number of primary amides is 1. The largest absolute Gasteiger partial charge is 0.366 e. The van der Waals surface area contributed by atoms with Crippen LogP contribution in [-0.4, -0.2) is 20.9 Å². The molecule has 1 heterocycles. The molecule has 19 heavy (non-hydrogen) atoms. The third-order valence-electron chi connectivity index (χ3n) is 2.75.